The third-order valence-corrected chi connectivity index (χ3v) is 5.98. The van der Waals surface area contributed by atoms with Gasteiger partial charge in [-0.3, -0.25) is 4.79 Å². The number of hydrogen-bond acceptors (Lipinski definition) is 1. The summed E-state index contributed by atoms with van der Waals surface area (Å²) >= 11 is 12.1. The van der Waals surface area contributed by atoms with Crippen molar-refractivity contribution in [1.82, 2.24) is 4.90 Å². The zero-order valence-electron chi connectivity index (χ0n) is 19.5. The number of alkyl halides is 3. The molecule has 0 bridgehead atoms. The Labute approximate surface area is 212 Å². The third kappa shape index (κ3) is 7.45. The van der Waals surface area contributed by atoms with Crippen molar-refractivity contribution in [3.8, 4) is 0 Å². The van der Waals surface area contributed by atoms with Gasteiger partial charge in [0.2, 0.25) is 0 Å². The summed E-state index contributed by atoms with van der Waals surface area (Å²) in [4.78, 5) is 14.8. The van der Waals surface area contributed by atoms with E-state index in [0.29, 0.717) is 6.07 Å². The molecule has 3 rings (SSSR count). The summed E-state index contributed by atoms with van der Waals surface area (Å²) in [5.41, 5.74) is 1.25. The fraction of sp³-hybridized carbons (Fsp3) is 0.296. The van der Waals surface area contributed by atoms with E-state index in [9.17, 15) is 22.4 Å². The molecule has 0 saturated carbocycles. The minimum Gasteiger partial charge on any atom is -0.334 e. The van der Waals surface area contributed by atoms with Gasteiger partial charge in [-0.25, -0.2) is 4.39 Å². The van der Waals surface area contributed by atoms with Crippen molar-refractivity contribution in [2.45, 2.75) is 45.3 Å². The van der Waals surface area contributed by atoms with Crippen LogP contribution < -0.4 is 0 Å². The molecule has 186 valence electrons. The molecule has 0 unspecified atom stereocenters. The molecular weight excluding hydrogens is 501 g/mol. The Morgan fingerprint density at radius 2 is 1.43 bits per heavy atom. The van der Waals surface area contributed by atoms with Crippen LogP contribution in [0.4, 0.5) is 17.6 Å². The summed E-state index contributed by atoms with van der Waals surface area (Å²) in [6, 6.07) is 14.7. The van der Waals surface area contributed by atoms with E-state index in [-0.39, 0.29) is 52.0 Å². The molecule has 0 aliphatic rings. The lowest BCUT2D eigenvalue weighted by atomic mass is 9.87. The molecule has 0 saturated heterocycles. The molecule has 8 heteroatoms. The summed E-state index contributed by atoms with van der Waals surface area (Å²) < 4.78 is 53.2. The predicted octanol–water partition coefficient (Wildman–Crippen LogP) is 8.33. The third-order valence-electron chi connectivity index (χ3n) is 5.55. The Bertz CT molecular complexity index is 1180. The highest BCUT2D eigenvalue weighted by Gasteiger charge is 2.31. The van der Waals surface area contributed by atoms with Crippen LogP contribution >= 0.6 is 23.2 Å². The van der Waals surface area contributed by atoms with E-state index in [1.807, 2.05) is 24.3 Å². The smallest absolute Gasteiger partial charge is 0.334 e. The van der Waals surface area contributed by atoms with Crippen LogP contribution in [0.2, 0.25) is 10.0 Å². The van der Waals surface area contributed by atoms with Gasteiger partial charge in [0.15, 0.2) is 0 Å². The van der Waals surface area contributed by atoms with Crippen molar-refractivity contribution in [2.24, 2.45) is 0 Å². The summed E-state index contributed by atoms with van der Waals surface area (Å²) in [6.45, 7) is 6.54. The molecule has 0 N–H and O–H groups in total. The van der Waals surface area contributed by atoms with Crippen LogP contribution in [0.25, 0.3) is 0 Å². The van der Waals surface area contributed by atoms with Gasteiger partial charge in [0.25, 0.3) is 5.91 Å². The van der Waals surface area contributed by atoms with Crippen LogP contribution in [0.1, 0.15) is 53.4 Å². The first kappa shape index (κ1) is 27.0. The lowest BCUT2D eigenvalue weighted by Crippen LogP contribution is -2.32. The quantitative estimate of drug-likeness (QED) is 0.296. The Morgan fingerprint density at radius 3 is 1.97 bits per heavy atom. The number of carbonyl (C=O) groups excluding carboxylic acids is 1. The largest absolute Gasteiger partial charge is 0.416 e. The molecule has 0 heterocycles. The SMILES string of the molecule is CC(C)(C)c1ccc(CN(CCc2cc(F)cc(C(F)(F)F)c2)C(=O)c2cc(Cl)cc(Cl)c2)cc1. The maximum atomic E-state index is 13.9. The average molecular weight is 526 g/mol. The molecule has 2 nitrogen and oxygen atoms in total. The average Bonchev–Trinajstić information content (AvgIpc) is 2.74. The molecule has 0 aromatic heterocycles. The van der Waals surface area contributed by atoms with Crippen LogP contribution in [-0.2, 0) is 24.6 Å². The van der Waals surface area contributed by atoms with Crippen LogP contribution in [-0.4, -0.2) is 17.4 Å². The predicted molar refractivity (Wildman–Crippen MR) is 131 cm³/mol. The monoisotopic (exact) mass is 525 g/mol. The van der Waals surface area contributed by atoms with Crippen molar-refractivity contribution in [1.29, 1.82) is 0 Å². The summed E-state index contributed by atoms with van der Waals surface area (Å²) in [5, 5.41) is 0.575. The van der Waals surface area contributed by atoms with Gasteiger partial charge in [0, 0.05) is 28.7 Å². The normalized spacial score (nSPS) is 12.0. The number of carbonyl (C=O) groups is 1. The zero-order chi connectivity index (χ0) is 26.0. The minimum absolute atomic E-state index is 0.0287. The fourth-order valence-electron chi connectivity index (χ4n) is 3.67. The first-order valence-corrected chi connectivity index (χ1v) is 11.7. The van der Waals surface area contributed by atoms with E-state index < -0.39 is 17.6 Å². The lowest BCUT2D eigenvalue weighted by Gasteiger charge is -2.25. The van der Waals surface area contributed by atoms with Crippen LogP contribution in [0.5, 0.6) is 0 Å². The van der Waals surface area contributed by atoms with Crippen molar-refractivity contribution in [3.63, 3.8) is 0 Å². The van der Waals surface area contributed by atoms with Gasteiger partial charge >= 0.3 is 6.18 Å². The van der Waals surface area contributed by atoms with Crippen LogP contribution in [0.15, 0.2) is 60.7 Å². The second-order valence-corrected chi connectivity index (χ2v) is 10.3. The molecule has 3 aromatic carbocycles. The summed E-state index contributed by atoms with van der Waals surface area (Å²) in [7, 11) is 0. The first-order chi connectivity index (χ1) is 16.2. The second-order valence-electron chi connectivity index (χ2n) is 9.43. The topological polar surface area (TPSA) is 20.3 Å². The standard InChI is InChI=1S/C27H25Cl2F4NO/c1-26(2,3)20-6-4-17(5-7-20)16-34(25(35)19-12-22(28)15-23(29)13-19)9-8-18-10-21(27(31,32)33)14-24(30)11-18/h4-7,10-15H,8-9,16H2,1-3H3. The van der Waals surface area contributed by atoms with Crippen molar-refractivity contribution >= 4 is 29.1 Å². The van der Waals surface area contributed by atoms with E-state index in [1.54, 1.807) is 0 Å². The van der Waals surface area contributed by atoms with E-state index >= 15 is 0 Å². The number of benzene rings is 3. The number of hydrogen-bond donors (Lipinski definition) is 0. The molecule has 3 aromatic rings. The number of rotatable bonds is 6. The van der Waals surface area contributed by atoms with Crippen molar-refractivity contribution in [2.75, 3.05) is 6.54 Å². The summed E-state index contributed by atoms with van der Waals surface area (Å²) in [6.07, 6.45) is -4.64. The molecular formula is C27H25Cl2F4NO. The van der Waals surface area contributed by atoms with Crippen LogP contribution in [0.3, 0.4) is 0 Å². The summed E-state index contributed by atoms with van der Waals surface area (Å²) in [5.74, 6) is -1.37. The maximum Gasteiger partial charge on any atom is 0.416 e. The number of halogens is 6. The van der Waals surface area contributed by atoms with E-state index in [0.717, 1.165) is 23.3 Å². The second kappa shape index (κ2) is 10.6. The van der Waals surface area contributed by atoms with Gasteiger partial charge in [0.05, 0.1) is 5.56 Å². The molecule has 0 atom stereocenters. The van der Waals surface area contributed by atoms with E-state index in [1.165, 1.54) is 23.1 Å². The highest BCUT2D eigenvalue weighted by Crippen LogP contribution is 2.31. The van der Waals surface area contributed by atoms with E-state index in [4.69, 9.17) is 23.2 Å². The number of nitrogens with zero attached hydrogens (tertiary/aromatic N) is 1. The van der Waals surface area contributed by atoms with Gasteiger partial charge < -0.3 is 4.90 Å². The molecule has 0 spiro atoms. The van der Waals surface area contributed by atoms with Gasteiger partial charge in [0.1, 0.15) is 5.82 Å². The van der Waals surface area contributed by atoms with Gasteiger partial charge in [-0.2, -0.15) is 13.2 Å². The highest BCUT2D eigenvalue weighted by molar-refractivity contribution is 6.35. The van der Waals surface area contributed by atoms with E-state index in [2.05, 4.69) is 20.8 Å². The Morgan fingerprint density at radius 1 is 0.829 bits per heavy atom. The van der Waals surface area contributed by atoms with Crippen molar-refractivity contribution in [3.05, 3.63) is 104 Å². The van der Waals surface area contributed by atoms with Gasteiger partial charge in [-0.05, 0) is 64.9 Å². The first-order valence-electron chi connectivity index (χ1n) is 10.9. The van der Waals surface area contributed by atoms with Gasteiger partial charge in [-0.15, -0.1) is 0 Å². The van der Waals surface area contributed by atoms with Crippen LogP contribution in [0, 0.1) is 5.82 Å². The fourth-order valence-corrected chi connectivity index (χ4v) is 4.19. The zero-order valence-corrected chi connectivity index (χ0v) is 21.0. The lowest BCUT2D eigenvalue weighted by molar-refractivity contribution is -0.137. The maximum absolute atomic E-state index is 13.9. The highest BCUT2D eigenvalue weighted by atomic mass is 35.5. The molecule has 0 radical (unpaired) electrons. The Balaban J connectivity index is 1.89. The molecule has 0 aliphatic carbocycles. The molecule has 0 fully saturated rings. The number of amides is 1. The molecule has 35 heavy (non-hydrogen) atoms. The molecule has 0 aliphatic heterocycles. The Hall–Kier alpha value is -2.57. The van der Waals surface area contributed by atoms with Crippen molar-refractivity contribution < 1.29 is 22.4 Å². The Kier molecular flexibility index (Phi) is 8.17. The molecule has 1 amide bonds. The van der Waals surface area contributed by atoms with Gasteiger partial charge in [-0.1, -0.05) is 68.2 Å². The minimum atomic E-state index is -4.67.